The molecule has 0 amide bonds. The summed E-state index contributed by atoms with van der Waals surface area (Å²) >= 11 is 0. The molecule has 1 aliphatic carbocycles. The van der Waals surface area contributed by atoms with Crippen LogP contribution in [0.2, 0.25) is 0 Å². The van der Waals surface area contributed by atoms with Gasteiger partial charge in [0.1, 0.15) is 18.0 Å². The molecule has 0 saturated heterocycles. The number of rotatable bonds is 9. The van der Waals surface area contributed by atoms with Gasteiger partial charge < -0.3 is 10.6 Å². The lowest BCUT2D eigenvalue weighted by molar-refractivity contribution is 0.584. The van der Waals surface area contributed by atoms with Crippen LogP contribution in [0.4, 0.5) is 11.6 Å². The Bertz CT molecular complexity index is 415. The topological polar surface area (TPSA) is 49.8 Å². The van der Waals surface area contributed by atoms with Gasteiger partial charge in [-0.1, -0.05) is 33.6 Å². The highest BCUT2D eigenvalue weighted by Crippen LogP contribution is 2.35. The summed E-state index contributed by atoms with van der Waals surface area (Å²) in [6.07, 6.45) is 8.98. The number of hydrogen-bond donors (Lipinski definition) is 2. The van der Waals surface area contributed by atoms with Crippen LogP contribution in [-0.4, -0.2) is 22.6 Å². The van der Waals surface area contributed by atoms with E-state index in [1.807, 2.05) is 0 Å². The minimum Gasteiger partial charge on any atom is -0.370 e. The highest BCUT2D eigenvalue weighted by atomic mass is 15.1. The third-order valence-electron chi connectivity index (χ3n) is 3.99. The number of anilines is 2. The molecule has 0 aliphatic heterocycles. The number of nitrogens with one attached hydrogen (secondary N) is 2. The van der Waals surface area contributed by atoms with Crippen molar-refractivity contribution in [1.82, 2.24) is 9.97 Å². The third-order valence-corrected chi connectivity index (χ3v) is 3.99. The summed E-state index contributed by atoms with van der Waals surface area (Å²) in [6.45, 7) is 7.55. The molecular weight excluding hydrogens is 248 g/mol. The molecule has 1 heterocycles. The summed E-state index contributed by atoms with van der Waals surface area (Å²) in [4.78, 5) is 8.86. The van der Waals surface area contributed by atoms with Crippen molar-refractivity contribution in [3.63, 3.8) is 0 Å². The second kappa shape index (κ2) is 7.46. The summed E-state index contributed by atoms with van der Waals surface area (Å²) in [5.41, 5.74) is 1.22. The zero-order valence-electron chi connectivity index (χ0n) is 13.1. The molecular formula is C16H28N4. The first-order valence-electron chi connectivity index (χ1n) is 8.12. The first kappa shape index (κ1) is 15.1. The van der Waals surface area contributed by atoms with E-state index in [1.54, 1.807) is 6.33 Å². The molecule has 2 N–H and O–H groups in total. The second-order valence-corrected chi connectivity index (χ2v) is 5.76. The van der Waals surface area contributed by atoms with E-state index in [2.05, 4.69) is 41.4 Å². The van der Waals surface area contributed by atoms with E-state index >= 15 is 0 Å². The van der Waals surface area contributed by atoms with Gasteiger partial charge in [-0.15, -0.1) is 0 Å². The Labute approximate surface area is 122 Å². The van der Waals surface area contributed by atoms with Crippen molar-refractivity contribution < 1.29 is 0 Å². The molecule has 4 nitrogen and oxygen atoms in total. The first-order chi connectivity index (χ1) is 9.78. The predicted octanol–water partition coefficient (Wildman–Crippen LogP) is 3.85. The van der Waals surface area contributed by atoms with Crippen molar-refractivity contribution >= 4 is 11.6 Å². The zero-order chi connectivity index (χ0) is 14.4. The molecule has 1 aromatic heterocycles. The van der Waals surface area contributed by atoms with Crippen LogP contribution >= 0.6 is 0 Å². The van der Waals surface area contributed by atoms with Crippen LogP contribution in [0.15, 0.2) is 6.33 Å². The van der Waals surface area contributed by atoms with Gasteiger partial charge in [0.2, 0.25) is 0 Å². The van der Waals surface area contributed by atoms with Gasteiger partial charge in [0, 0.05) is 18.2 Å². The van der Waals surface area contributed by atoms with Crippen LogP contribution in [0.25, 0.3) is 0 Å². The Morgan fingerprint density at radius 2 is 1.95 bits per heavy atom. The maximum absolute atomic E-state index is 4.47. The summed E-state index contributed by atoms with van der Waals surface area (Å²) < 4.78 is 0. The van der Waals surface area contributed by atoms with Crippen LogP contribution in [-0.2, 0) is 6.42 Å². The van der Waals surface area contributed by atoms with E-state index in [9.17, 15) is 0 Å². The van der Waals surface area contributed by atoms with Crippen molar-refractivity contribution in [3.05, 3.63) is 11.9 Å². The van der Waals surface area contributed by atoms with Crippen LogP contribution in [0.3, 0.4) is 0 Å². The Morgan fingerprint density at radius 1 is 1.20 bits per heavy atom. The quantitative estimate of drug-likeness (QED) is 0.719. The number of nitrogens with zero attached hydrogens (tertiary/aromatic N) is 2. The largest absolute Gasteiger partial charge is 0.370 e. The van der Waals surface area contributed by atoms with Crippen LogP contribution in [0, 0.1) is 5.92 Å². The summed E-state index contributed by atoms with van der Waals surface area (Å²) in [6, 6.07) is 0.543. The second-order valence-electron chi connectivity index (χ2n) is 5.76. The molecule has 1 fully saturated rings. The van der Waals surface area contributed by atoms with Crippen molar-refractivity contribution in [1.29, 1.82) is 0 Å². The fourth-order valence-corrected chi connectivity index (χ4v) is 2.54. The molecule has 1 aromatic rings. The van der Waals surface area contributed by atoms with E-state index < -0.39 is 0 Å². The van der Waals surface area contributed by atoms with Crippen LogP contribution in [0.5, 0.6) is 0 Å². The summed E-state index contributed by atoms with van der Waals surface area (Å²) in [7, 11) is 0. The van der Waals surface area contributed by atoms with Crippen molar-refractivity contribution in [2.75, 3.05) is 17.2 Å². The minimum absolute atomic E-state index is 0.543. The van der Waals surface area contributed by atoms with E-state index in [0.717, 1.165) is 43.4 Å². The van der Waals surface area contributed by atoms with Gasteiger partial charge in [0.25, 0.3) is 0 Å². The SMILES string of the molecule is CCCNc1ncnc(NC(CC)CC2CC2)c1CC. The van der Waals surface area contributed by atoms with Crippen LogP contribution in [0.1, 0.15) is 58.4 Å². The molecule has 20 heavy (non-hydrogen) atoms. The molecule has 1 aliphatic rings. The monoisotopic (exact) mass is 276 g/mol. The van der Waals surface area contributed by atoms with Gasteiger partial charge in [0.15, 0.2) is 0 Å². The first-order valence-corrected chi connectivity index (χ1v) is 8.12. The van der Waals surface area contributed by atoms with Crippen molar-refractivity contribution in [2.45, 2.75) is 65.3 Å². The molecule has 1 atom stereocenters. The van der Waals surface area contributed by atoms with Gasteiger partial charge in [-0.25, -0.2) is 9.97 Å². The van der Waals surface area contributed by atoms with Gasteiger partial charge >= 0.3 is 0 Å². The molecule has 0 radical (unpaired) electrons. The third kappa shape index (κ3) is 4.09. The maximum atomic E-state index is 4.47. The van der Waals surface area contributed by atoms with E-state index in [1.165, 1.54) is 24.8 Å². The molecule has 1 saturated carbocycles. The van der Waals surface area contributed by atoms with Gasteiger partial charge in [0.05, 0.1) is 0 Å². The standard InChI is InChI=1S/C16H28N4/c1-4-9-17-15-14(6-3)16(19-11-18-15)20-13(5-2)10-12-7-8-12/h11-13H,4-10H2,1-3H3,(H2,17,18,19,20). The molecule has 4 heteroatoms. The average Bonchev–Trinajstić information content (AvgIpc) is 3.28. The predicted molar refractivity (Wildman–Crippen MR) is 85.2 cm³/mol. The molecule has 1 unspecified atom stereocenters. The Hall–Kier alpha value is -1.32. The maximum Gasteiger partial charge on any atom is 0.134 e. The molecule has 0 spiro atoms. The zero-order valence-corrected chi connectivity index (χ0v) is 13.1. The number of hydrogen-bond acceptors (Lipinski definition) is 4. The fourth-order valence-electron chi connectivity index (χ4n) is 2.54. The van der Waals surface area contributed by atoms with Gasteiger partial charge in [-0.05, 0) is 31.6 Å². The number of aromatic nitrogens is 2. The minimum atomic E-state index is 0.543. The highest BCUT2D eigenvalue weighted by molar-refractivity contribution is 5.57. The van der Waals surface area contributed by atoms with Gasteiger partial charge in [-0.3, -0.25) is 0 Å². The average molecular weight is 276 g/mol. The Balaban J connectivity index is 2.08. The van der Waals surface area contributed by atoms with E-state index in [4.69, 9.17) is 0 Å². The van der Waals surface area contributed by atoms with E-state index in [0.29, 0.717) is 6.04 Å². The molecule has 0 aromatic carbocycles. The summed E-state index contributed by atoms with van der Waals surface area (Å²) in [5, 5.41) is 7.05. The molecule has 112 valence electrons. The van der Waals surface area contributed by atoms with Crippen molar-refractivity contribution in [3.8, 4) is 0 Å². The van der Waals surface area contributed by atoms with Crippen LogP contribution < -0.4 is 10.6 Å². The Kier molecular flexibility index (Phi) is 5.62. The summed E-state index contributed by atoms with van der Waals surface area (Å²) in [5.74, 6) is 2.96. The lowest BCUT2D eigenvalue weighted by atomic mass is 10.1. The van der Waals surface area contributed by atoms with Gasteiger partial charge in [-0.2, -0.15) is 0 Å². The fraction of sp³-hybridized carbons (Fsp3) is 0.750. The highest BCUT2D eigenvalue weighted by Gasteiger charge is 2.25. The van der Waals surface area contributed by atoms with E-state index in [-0.39, 0.29) is 0 Å². The normalized spacial score (nSPS) is 15.9. The lowest BCUT2D eigenvalue weighted by Crippen LogP contribution is -2.21. The smallest absolute Gasteiger partial charge is 0.134 e. The lowest BCUT2D eigenvalue weighted by Gasteiger charge is -2.20. The Morgan fingerprint density at radius 3 is 2.55 bits per heavy atom. The molecule has 2 rings (SSSR count). The van der Waals surface area contributed by atoms with Crippen molar-refractivity contribution in [2.24, 2.45) is 5.92 Å². The molecule has 0 bridgehead atoms.